The zero-order chi connectivity index (χ0) is 15.3. The minimum absolute atomic E-state index is 0.499. The number of hydrogen-bond donors (Lipinski definition) is 2. The Kier molecular flexibility index (Phi) is 5.36. The summed E-state index contributed by atoms with van der Waals surface area (Å²) in [6.07, 6.45) is 5.28. The molecule has 1 saturated carbocycles. The van der Waals surface area contributed by atoms with Crippen molar-refractivity contribution in [2.75, 3.05) is 20.8 Å². The largest absolute Gasteiger partial charge is 0.481 e. The van der Waals surface area contributed by atoms with E-state index in [4.69, 9.17) is 9.47 Å². The summed E-state index contributed by atoms with van der Waals surface area (Å²) in [5.41, 5.74) is 0.165. The van der Waals surface area contributed by atoms with Crippen LogP contribution in [0, 0.1) is 5.92 Å². The molecule has 118 valence electrons. The van der Waals surface area contributed by atoms with Crippen molar-refractivity contribution in [2.45, 2.75) is 44.8 Å². The molecule has 2 N–H and O–H groups in total. The van der Waals surface area contributed by atoms with Gasteiger partial charge in [-0.15, -0.1) is 0 Å². The summed E-state index contributed by atoms with van der Waals surface area (Å²) >= 11 is 0. The van der Waals surface area contributed by atoms with E-state index < -0.39 is 5.60 Å². The second-order valence-corrected chi connectivity index (χ2v) is 5.88. The van der Waals surface area contributed by atoms with Gasteiger partial charge >= 0.3 is 0 Å². The number of hydrogen-bond acceptors (Lipinski definition) is 6. The van der Waals surface area contributed by atoms with Crippen LogP contribution in [0.3, 0.4) is 0 Å². The van der Waals surface area contributed by atoms with E-state index in [0.29, 0.717) is 30.8 Å². The zero-order valence-corrected chi connectivity index (χ0v) is 13.1. The maximum Gasteiger partial charge on any atom is 0.224 e. The van der Waals surface area contributed by atoms with Crippen LogP contribution in [-0.4, -0.2) is 41.4 Å². The lowest BCUT2D eigenvalue weighted by Crippen LogP contribution is -2.43. The summed E-state index contributed by atoms with van der Waals surface area (Å²) < 4.78 is 10.5. The standard InChI is InChI=1S/C15H25N3O3/c1-11-4-6-15(19,7-5-11)9-16-8-12-13(20-2)17-10-18-14(12)21-3/h10-11,16,19H,4-9H2,1-3H3. The van der Waals surface area contributed by atoms with Crippen LogP contribution >= 0.6 is 0 Å². The molecule has 0 unspecified atom stereocenters. The van der Waals surface area contributed by atoms with E-state index in [1.54, 1.807) is 14.2 Å². The predicted molar refractivity (Wildman–Crippen MR) is 79.4 cm³/mol. The van der Waals surface area contributed by atoms with Gasteiger partial charge in [-0.05, 0) is 31.6 Å². The number of nitrogens with one attached hydrogen (secondary N) is 1. The molecule has 0 radical (unpaired) electrons. The number of methoxy groups -OCH3 is 2. The van der Waals surface area contributed by atoms with Gasteiger partial charge in [-0.2, -0.15) is 0 Å². The number of ether oxygens (including phenoxy) is 2. The van der Waals surface area contributed by atoms with Gasteiger partial charge in [0.25, 0.3) is 0 Å². The molecule has 1 aromatic heterocycles. The summed E-state index contributed by atoms with van der Waals surface area (Å²) in [5.74, 6) is 1.71. The number of aromatic nitrogens is 2. The normalized spacial score (nSPS) is 25.6. The molecule has 1 aliphatic rings. The Bertz CT molecular complexity index is 437. The highest BCUT2D eigenvalue weighted by molar-refractivity contribution is 5.34. The molecule has 1 aliphatic carbocycles. The Hall–Kier alpha value is -1.40. The van der Waals surface area contributed by atoms with Crippen LogP contribution in [0.15, 0.2) is 6.33 Å². The Morgan fingerprint density at radius 1 is 1.24 bits per heavy atom. The highest BCUT2D eigenvalue weighted by atomic mass is 16.5. The van der Waals surface area contributed by atoms with Crippen LogP contribution < -0.4 is 14.8 Å². The second kappa shape index (κ2) is 7.04. The molecule has 21 heavy (non-hydrogen) atoms. The van der Waals surface area contributed by atoms with E-state index >= 15 is 0 Å². The fourth-order valence-electron chi connectivity index (χ4n) is 2.78. The molecular formula is C15H25N3O3. The second-order valence-electron chi connectivity index (χ2n) is 5.88. The molecule has 0 spiro atoms. The first kappa shape index (κ1) is 16.0. The third-order valence-corrected chi connectivity index (χ3v) is 4.21. The third-order valence-electron chi connectivity index (χ3n) is 4.21. The van der Waals surface area contributed by atoms with Crippen LogP contribution in [0.25, 0.3) is 0 Å². The van der Waals surface area contributed by atoms with Crippen molar-refractivity contribution in [3.63, 3.8) is 0 Å². The van der Waals surface area contributed by atoms with Crippen molar-refractivity contribution in [1.82, 2.24) is 15.3 Å². The summed E-state index contributed by atoms with van der Waals surface area (Å²) in [7, 11) is 3.14. The van der Waals surface area contributed by atoms with Gasteiger partial charge in [0, 0.05) is 13.1 Å². The number of nitrogens with zero attached hydrogens (tertiary/aromatic N) is 2. The van der Waals surface area contributed by atoms with Gasteiger partial charge < -0.3 is 19.9 Å². The topological polar surface area (TPSA) is 76.5 Å². The van der Waals surface area contributed by atoms with Crippen LogP contribution in [0.2, 0.25) is 0 Å². The van der Waals surface area contributed by atoms with Crippen molar-refractivity contribution in [3.8, 4) is 11.8 Å². The molecular weight excluding hydrogens is 270 g/mol. The molecule has 0 saturated heterocycles. The lowest BCUT2D eigenvalue weighted by atomic mass is 9.79. The van der Waals surface area contributed by atoms with Gasteiger partial charge in [0.05, 0.1) is 25.4 Å². The maximum atomic E-state index is 10.6. The lowest BCUT2D eigenvalue weighted by Gasteiger charge is -2.35. The zero-order valence-electron chi connectivity index (χ0n) is 13.1. The first-order valence-electron chi connectivity index (χ1n) is 7.43. The van der Waals surface area contributed by atoms with Gasteiger partial charge in [-0.3, -0.25) is 0 Å². The Morgan fingerprint density at radius 3 is 2.33 bits per heavy atom. The summed E-state index contributed by atoms with van der Waals surface area (Å²) in [6, 6.07) is 0. The summed E-state index contributed by atoms with van der Waals surface area (Å²) in [5, 5.41) is 13.8. The van der Waals surface area contributed by atoms with Gasteiger partial charge in [0.1, 0.15) is 6.33 Å². The summed E-state index contributed by atoms with van der Waals surface area (Å²) in [4.78, 5) is 8.17. The Labute approximate surface area is 125 Å². The number of rotatable bonds is 6. The van der Waals surface area contributed by atoms with E-state index in [0.717, 1.165) is 31.2 Å². The SMILES string of the molecule is COc1ncnc(OC)c1CNCC1(O)CCC(C)CC1. The molecule has 0 amide bonds. The lowest BCUT2D eigenvalue weighted by molar-refractivity contribution is -0.00638. The molecule has 2 rings (SSSR count). The minimum Gasteiger partial charge on any atom is -0.481 e. The third kappa shape index (κ3) is 4.04. The highest BCUT2D eigenvalue weighted by Crippen LogP contribution is 2.31. The van der Waals surface area contributed by atoms with Crippen molar-refractivity contribution >= 4 is 0 Å². The van der Waals surface area contributed by atoms with Crippen LogP contribution in [0.1, 0.15) is 38.2 Å². The molecule has 6 heteroatoms. The van der Waals surface area contributed by atoms with Gasteiger partial charge in [-0.1, -0.05) is 6.92 Å². The van der Waals surface area contributed by atoms with Crippen LogP contribution in [0.5, 0.6) is 11.8 Å². The molecule has 1 heterocycles. The van der Waals surface area contributed by atoms with E-state index in [1.807, 2.05) is 0 Å². The monoisotopic (exact) mass is 295 g/mol. The average molecular weight is 295 g/mol. The molecule has 1 aromatic rings. The van der Waals surface area contributed by atoms with E-state index in [1.165, 1.54) is 6.33 Å². The highest BCUT2D eigenvalue weighted by Gasteiger charge is 2.31. The first-order chi connectivity index (χ1) is 10.1. The van der Waals surface area contributed by atoms with Crippen LogP contribution in [0.4, 0.5) is 0 Å². The van der Waals surface area contributed by atoms with Gasteiger partial charge in [0.15, 0.2) is 0 Å². The average Bonchev–Trinajstić information content (AvgIpc) is 2.50. The maximum absolute atomic E-state index is 10.6. The van der Waals surface area contributed by atoms with E-state index in [-0.39, 0.29) is 0 Å². The first-order valence-corrected chi connectivity index (χ1v) is 7.43. The van der Waals surface area contributed by atoms with Crippen LogP contribution in [-0.2, 0) is 6.54 Å². The Balaban J connectivity index is 1.94. The fourth-order valence-corrected chi connectivity index (χ4v) is 2.78. The van der Waals surface area contributed by atoms with Crippen molar-refractivity contribution in [2.24, 2.45) is 5.92 Å². The number of aliphatic hydroxyl groups is 1. The Morgan fingerprint density at radius 2 is 1.81 bits per heavy atom. The van der Waals surface area contributed by atoms with Crippen molar-refractivity contribution in [3.05, 3.63) is 11.9 Å². The molecule has 0 bridgehead atoms. The molecule has 0 aliphatic heterocycles. The van der Waals surface area contributed by atoms with Crippen molar-refractivity contribution in [1.29, 1.82) is 0 Å². The predicted octanol–water partition coefficient (Wildman–Crippen LogP) is 1.52. The molecule has 1 fully saturated rings. The van der Waals surface area contributed by atoms with E-state index in [2.05, 4.69) is 22.2 Å². The summed E-state index contributed by atoms with van der Waals surface area (Å²) in [6.45, 7) is 3.30. The smallest absolute Gasteiger partial charge is 0.224 e. The fraction of sp³-hybridized carbons (Fsp3) is 0.733. The van der Waals surface area contributed by atoms with Gasteiger partial charge in [0.2, 0.25) is 11.8 Å². The molecule has 0 atom stereocenters. The quantitative estimate of drug-likeness (QED) is 0.829. The molecule has 6 nitrogen and oxygen atoms in total. The van der Waals surface area contributed by atoms with E-state index in [9.17, 15) is 5.11 Å². The van der Waals surface area contributed by atoms with Crippen molar-refractivity contribution < 1.29 is 14.6 Å². The minimum atomic E-state index is -0.609. The molecule has 0 aromatic carbocycles. The van der Waals surface area contributed by atoms with Gasteiger partial charge in [-0.25, -0.2) is 9.97 Å².